The van der Waals surface area contributed by atoms with E-state index >= 15 is 0 Å². The summed E-state index contributed by atoms with van der Waals surface area (Å²) in [5, 5.41) is 16.1. The molecule has 1 amide bonds. The lowest BCUT2D eigenvalue weighted by Gasteiger charge is -2.48. The minimum Gasteiger partial charge on any atom is -0.357 e. The molecule has 2 aliphatic rings. The summed E-state index contributed by atoms with van der Waals surface area (Å²) in [6.07, 6.45) is 6.78. The summed E-state index contributed by atoms with van der Waals surface area (Å²) in [5.41, 5.74) is 1.48. The van der Waals surface area contributed by atoms with Crippen molar-refractivity contribution in [3.63, 3.8) is 0 Å². The Morgan fingerprint density at radius 3 is 2.64 bits per heavy atom. The smallest absolute Gasteiger partial charge is 0.272 e. The molecule has 1 aromatic carbocycles. The standard InChI is InChI=1S/C18H23N5O.ClH/c1-22-16-8-3-2-7-15(16)17(21-22)18(24)20-12-9-13-5-4-6-14(10-12)23(13)11-19;/h2-3,7-8,11-14,19H,4-6,9-10H2,1H3,(H,20,24);1H. The molecule has 2 aliphatic heterocycles. The van der Waals surface area contributed by atoms with E-state index in [1.807, 2.05) is 31.3 Å². The summed E-state index contributed by atoms with van der Waals surface area (Å²) >= 11 is 0. The van der Waals surface area contributed by atoms with Crippen molar-refractivity contribution in [3.05, 3.63) is 30.0 Å². The number of aromatic nitrogens is 2. The van der Waals surface area contributed by atoms with Gasteiger partial charge in [-0.05, 0) is 38.2 Å². The molecule has 6 nitrogen and oxygen atoms in total. The Kier molecular flexibility index (Phi) is 4.99. The van der Waals surface area contributed by atoms with E-state index in [2.05, 4.69) is 15.3 Å². The van der Waals surface area contributed by atoms with Crippen LogP contribution in [0.3, 0.4) is 0 Å². The lowest BCUT2D eigenvalue weighted by molar-refractivity contribution is 0.0761. The topological polar surface area (TPSA) is 74.0 Å². The van der Waals surface area contributed by atoms with Crippen molar-refractivity contribution < 1.29 is 4.79 Å². The largest absolute Gasteiger partial charge is 0.357 e. The van der Waals surface area contributed by atoms with E-state index in [1.54, 1.807) is 4.68 Å². The van der Waals surface area contributed by atoms with Crippen LogP contribution in [0.1, 0.15) is 42.6 Å². The lowest BCUT2D eigenvalue weighted by Crippen LogP contribution is -2.56. The first kappa shape index (κ1) is 17.7. The van der Waals surface area contributed by atoms with Gasteiger partial charge in [0.25, 0.3) is 5.91 Å². The number of nitrogens with zero attached hydrogens (tertiary/aromatic N) is 3. The molecule has 2 aromatic rings. The first-order valence-electron chi connectivity index (χ1n) is 8.68. The van der Waals surface area contributed by atoms with Gasteiger partial charge >= 0.3 is 0 Å². The van der Waals surface area contributed by atoms with E-state index in [4.69, 9.17) is 5.41 Å². The highest BCUT2D eigenvalue weighted by Gasteiger charge is 2.37. The van der Waals surface area contributed by atoms with Gasteiger partial charge in [0, 0.05) is 30.6 Å². The molecule has 0 aliphatic carbocycles. The quantitative estimate of drug-likeness (QED) is 0.652. The monoisotopic (exact) mass is 361 g/mol. The number of hydrogen-bond acceptors (Lipinski definition) is 3. The Balaban J connectivity index is 0.00000182. The van der Waals surface area contributed by atoms with Gasteiger partial charge in [-0.25, -0.2) is 0 Å². The van der Waals surface area contributed by atoms with Crippen LogP contribution in [-0.4, -0.2) is 45.1 Å². The van der Waals surface area contributed by atoms with E-state index in [9.17, 15) is 4.79 Å². The predicted octanol–water partition coefficient (Wildman–Crippen LogP) is 2.72. The van der Waals surface area contributed by atoms with Crippen LogP contribution in [-0.2, 0) is 7.05 Å². The number of para-hydroxylation sites is 1. The molecular formula is C18H24ClN5O. The first-order chi connectivity index (χ1) is 11.7. The molecule has 0 spiro atoms. The number of fused-ring (bicyclic) bond motifs is 3. The highest BCUT2D eigenvalue weighted by molar-refractivity contribution is 6.04. The molecular weight excluding hydrogens is 338 g/mol. The number of aryl methyl sites for hydroxylation is 1. The first-order valence-corrected chi connectivity index (χ1v) is 8.68. The zero-order valence-corrected chi connectivity index (χ0v) is 15.1. The maximum Gasteiger partial charge on any atom is 0.272 e. The highest BCUT2D eigenvalue weighted by atomic mass is 35.5. The van der Waals surface area contributed by atoms with Gasteiger partial charge in [0.1, 0.15) is 0 Å². The third-order valence-corrected chi connectivity index (χ3v) is 5.49. The Morgan fingerprint density at radius 1 is 1.28 bits per heavy atom. The number of rotatable bonds is 3. The fraction of sp³-hybridized carbons (Fsp3) is 0.500. The number of halogens is 1. The van der Waals surface area contributed by atoms with Gasteiger partial charge in [-0.3, -0.25) is 14.9 Å². The number of carbonyl (C=O) groups excluding carboxylic acids is 1. The SMILES string of the molecule is Cl.Cn1nc(C(=O)NC2CC3CCCC(C2)N3C=N)c2ccccc21. The molecule has 4 rings (SSSR count). The van der Waals surface area contributed by atoms with E-state index in [0.29, 0.717) is 17.8 Å². The Bertz CT molecular complexity index is 775. The van der Waals surface area contributed by atoms with Crippen molar-refractivity contribution in [2.45, 2.75) is 50.2 Å². The van der Waals surface area contributed by atoms with Gasteiger partial charge in [-0.15, -0.1) is 12.4 Å². The van der Waals surface area contributed by atoms with Crippen molar-refractivity contribution in [2.24, 2.45) is 7.05 Å². The van der Waals surface area contributed by atoms with E-state index in [-0.39, 0.29) is 24.4 Å². The van der Waals surface area contributed by atoms with Crippen LogP contribution in [0.2, 0.25) is 0 Å². The average Bonchev–Trinajstić information content (AvgIpc) is 2.91. The summed E-state index contributed by atoms with van der Waals surface area (Å²) in [5.74, 6) is -0.0850. The zero-order valence-electron chi connectivity index (χ0n) is 14.3. The van der Waals surface area contributed by atoms with Gasteiger partial charge in [0.15, 0.2) is 5.69 Å². The minimum atomic E-state index is -0.0850. The lowest BCUT2D eigenvalue weighted by atomic mass is 9.82. The molecule has 0 saturated carbocycles. The maximum atomic E-state index is 12.8. The summed E-state index contributed by atoms with van der Waals surface area (Å²) < 4.78 is 1.76. The number of hydrogen-bond donors (Lipinski definition) is 2. The van der Waals surface area contributed by atoms with Gasteiger partial charge in [0.05, 0.1) is 11.9 Å². The molecule has 2 fully saturated rings. The normalized spacial score (nSPS) is 25.3. The van der Waals surface area contributed by atoms with Crippen molar-refractivity contribution in [2.75, 3.05) is 0 Å². The van der Waals surface area contributed by atoms with Crippen molar-refractivity contribution >= 4 is 35.6 Å². The molecule has 2 atom stereocenters. The predicted molar refractivity (Wildman–Crippen MR) is 100 cm³/mol. The van der Waals surface area contributed by atoms with Crippen LogP contribution in [0.5, 0.6) is 0 Å². The Hall–Kier alpha value is -2.08. The average molecular weight is 362 g/mol. The fourth-order valence-corrected chi connectivity index (χ4v) is 4.38. The summed E-state index contributed by atoms with van der Waals surface area (Å²) in [6.45, 7) is 0. The Labute approximate surface area is 153 Å². The summed E-state index contributed by atoms with van der Waals surface area (Å²) in [7, 11) is 1.87. The van der Waals surface area contributed by atoms with Crippen LogP contribution >= 0.6 is 12.4 Å². The van der Waals surface area contributed by atoms with Crippen LogP contribution in [0.4, 0.5) is 0 Å². The molecule has 2 unspecified atom stereocenters. The molecule has 2 saturated heterocycles. The van der Waals surface area contributed by atoms with E-state index in [0.717, 1.165) is 36.6 Å². The minimum absolute atomic E-state index is 0. The third-order valence-electron chi connectivity index (χ3n) is 5.49. The molecule has 25 heavy (non-hydrogen) atoms. The van der Waals surface area contributed by atoms with Gasteiger partial charge in [-0.1, -0.05) is 18.2 Å². The second-order valence-corrected chi connectivity index (χ2v) is 6.95. The zero-order chi connectivity index (χ0) is 16.7. The van der Waals surface area contributed by atoms with Crippen LogP contribution in [0.25, 0.3) is 10.9 Å². The summed E-state index contributed by atoms with van der Waals surface area (Å²) in [4.78, 5) is 14.9. The van der Waals surface area contributed by atoms with Gasteiger partial charge in [-0.2, -0.15) is 5.10 Å². The Morgan fingerprint density at radius 2 is 1.96 bits per heavy atom. The number of carbonyl (C=O) groups is 1. The summed E-state index contributed by atoms with van der Waals surface area (Å²) in [6, 6.07) is 8.77. The van der Waals surface area contributed by atoms with Crippen molar-refractivity contribution in [1.82, 2.24) is 20.0 Å². The van der Waals surface area contributed by atoms with Crippen LogP contribution in [0.15, 0.2) is 24.3 Å². The van der Waals surface area contributed by atoms with E-state index < -0.39 is 0 Å². The van der Waals surface area contributed by atoms with Crippen LogP contribution in [0, 0.1) is 5.41 Å². The second-order valence-electron chi connectivity index (χ2n) is 6.95. The van der Waals surface area contributed by atoms with Crippen molar-refractivity contribution in [1.29, 1.82) is 5.41 Å². The number of benzene rings is 1. The molecule has 7 heteroatoms. The second kappa shape index (κ2) is 7.04. The molecule has 2 N–H and O–H groups in total. The fourth-order valence-electron chi connectivity index (χ4n) is 4.38. The number of piperidine rings is 2. The molecule has 0 radical (unpaired) electrons. The molecule has 1 aromatic heterocycles. The molecule has 134 valence electrons. The third kappa shape index (κ3) is 3.11. The van der Waals surface area contributed by atoms with Crippen LogP contribution < -0.4 is 5.32 Å². The molecule has 2 bridgehead atoms. The van der Waals surface area contributed by atoms with Crippen molar-refractivity contribution in [3.8, 4) is 0 Å². The number of amides is 1. The highest BCUT2D eigenvalue weighted by Crippen LogP contribution is 2.33. The maximum absolute atomic E-state index is 12.8. The number of nitrogens with one attached hydrogen (secondary N) is 2. The van der Waals surface area contributed by atoms with E-state index in [1.165, 1.54) is 12.8 Å². The van der Waals surface area contributed by atoms with Gasteiger partial charge < -0.3 is 10.2 Å². The van der Waals surface area contributed by atoms with Gasteiger partial charge in [0.2, 0.25) is 0 Å². The molecule has 3 heterocycles.